The lowest BCUT2D eigenvalue weighted by atomic mass is 10.1. The molecule has 51 heavy (non-hydrogen) atoms. The second kappa shape index (κ2) is 15.7. The summed E-state index contributed by atoms with van der Waals surface area (Å²) in [4.78, 5) is 74.0. The van der Waals surface area contributed by atoms with E-state index in [1.165, 1.54) is 29.7 Å². The quantitative estimate of drug-likeness (QED) is 0.173. The maximum atomic E-state index is 12.6. The van der Waals surface area contributed by atoms with Crippen molar-refractivity contribution in [3.05, 3.63) is 72.7 Å². The minimum absolute atomic E-state index is 0.354. The fourth-order valence-electron chi connectivity index (χ4n) is 5.63. The van der Waals surface area contributed by atoms with Gasteiger partial charge in [0.05, 0.1) is 11.0 Å². The number of carbonyl (C=O) groups is 4. The number of nitrogens with zero attached hydrogens (tertiary/aromatic N) is 3. The number of benzene rings is 2. The molecule has 0 saturated carbocycles. The number of piperidine rings is 1. The Kier molecular flexibility index (Phi) is 11.8. The van der Waals surface area contributed by atoms with E-state index in [1.54, 1.807) is 45.0 Å². The van der Waals surface area contributed by atoms with E-state index in [-0.39, 0.29) is 0 Å². The minimum Gasteiger partial charge on any atom is -0.506 e. The van der Waals surface area contributed by atoms with Crippen molar-refractivity contribution >= 4 is 67.2 Å². The van der Waals surface area contributed by atoms with Crippen molar-refractivity contribution in [2.75, 3.05) is 31.1 Å². The van der Waals surface area contributed by atoms with E-state index in [2.05, 4.69) is 31.5 Å². The molecule has 1 aliphatic rings. The van der Waals surface area contributed by atoms with Gasteiger partial charge in [-0.15, -0.1) is 0 Å². The Morgan fingerprint density at radius 3 is 1.78 bits per heavy atom. The number of fused-ring (bicyclic) bond motifs is 2. The van der Waals surface area contributed by atoms with Crippen molar-refractivity contribution in [3.8, 4) is 11.5 Å². The molecular formula is C35H40BrN5O10. The lowest BCUT2D eigenvalue weighted by Crippen LogP contribution is -2.37. The summed E-state index contributed by atoms with van der Waals surface area (Å²) >= 11 is 3.30. The molecule has 4 aromatic rings. The molecule has 0 atom stereocenters. The average molecular weight is 771 g/mol. The normalized spacial score (nSPS) is 12.9. The van der Waals surface area contributed by atoms with Crippen LogP contribution in [0.25, 0.3) is 21.8 Å². The third-order valence-corrected chi connectivity index (χ3v) is 8.57. The summed E-state index contributed by atoms with van der Waals surface area (Å²) in [6, 6.07) is 10.3. The van der Waals surface area contributed by atoms with Crippen LogP contribution in [-0.2, 0) is 28.4 Å². The van der Waals surface area contributed by atoms with Crippen LogP contribution in [0.2, 0.25) is 0 Å². The first-order valence-corrected chi connectivity index (χ1v) is 16.8. The summed E-state index contributed by atoms with van der Waals surface area (Å²) in [5, 5.41) is 34.6. The second-order valence-corrected chi connectivity index (χ2v) is 13.8. The molecule has 0 unspecified atom stereocenters. The van der Waals surface area contributed by atoms with Gasteiger partial charge in [-0.1, -0.05) is 15.9 Å². The van der Waals surface area contributed by atoms with Gasteiger partial charge in [-0.25, -0.2) is 0 Å². The summed E-state index contributed by atoms with van der Waals surface area (Å²) in [6.45, 7) is 5.97. The summed E-state index contributed by atoms with van der Waals surface area (Å²) < 4.78 is 8.39. The zero-order chi connectivity index (χ0) is 37.8. The van der Waals surface area contributed by atoms with Crippen LogP contribution in [0.1, 0.15) is 60.7 Å². The van der Waals surface area contributed by atoms with Crippen LogP contribution in [-0.4, -0.2) is 80.0 Å². The van der Waals surface area contributed by atoms with Crippen molar-refractivity contribution in [2.24, 2.45) is 14.1 Å². The number of aryl methyl sites for hydroxylation is 2. The van der Waals surface area contributed by atoms with Gasteiger partial charge in [-0.2, -0.15) is 0 Å². The number of aromatic hydroxyl groups is 2. The van der Waals surface area contributed by atoms with Crippen molar-refractivity contribution in [1.29, 1.82) is 0 Å². The van der Waals surface area contributed by atoms with Gasteiger partial charge >= 0.3 is 11.9 Å². The topological polar surface area (TPSA) is 209 Å². The zero-order valence-corrected chi connectivity index (χ0v) is 30.4. The third-order valence-electron chi connectivity index (χ3n) is 8.07. The first kappa shape index (κ1) is 38.4. The molecule has 0 spiro atoms. The molecule has 3 heterocycles. The summed E-state index contributed by atoms with van der Waals surface area (Å²) in [5.41, 5.74) is -0.928. The number of pyridine rings is 2. The summed E-state index contributed by atoms with van der Waals surface area (Å²) in [7, 11) is 3.03. The number of amides is 2. The fraction of sp³-hybridized carbons (Fsp3) is 0.371. The number of nitrogens with one attached hydrogen (secondary N) is 2. The molecule has 1 saturated heterocycles. The molecule has 0 bridgehead atoms. The molecule has 0 aliphatic carbocycles. The SMILES string of the molecule is Cn1c(=O)c(C(=O)NCC(=O)O)c(O)c2ccc(N3CCCCC3)cc21.Cn1c(=O)c(C(=O)NCC(=O)OC(C)(C)C)c(O)c2ccc(Br)cc21. The largest absolute Gasteiger partial charge is 0.506 e. The van der Waals surface area contributed by atoms with Gasteiger partial charge < -0.3 is 44.7 Å². The highest BCUT2D eigenvalue weighted by Crippen LogP contribution is 2.31. The number of carbonyl (C=O) groups excluding carboxylic acids is 3. The number of carboxylic acid groups (broad SMARTS) is 1. The van der Waals surface area contributed by atoms with E-state index in [1.807, 2.05) is 12.1 Å². The number of hydrogen-bond acceptors (Lipinski definition) is 10. The molecule has 1 aliphatic heterocycles. The fourth-order valence-corrected chi connectivity index (χ4v) is 5.98. The monoisotopic (exact) mass is 769 g/mol. The number of hydrogen-bond donors (Lipinski definition) is 5. The van der Waals surface area contributed by atoms with Crippen LogP contribution < -0.4 is 26.7 Å². The molecule has 272 valence electrons. The van der Waals surface area contributed by atoms with Gasteiger partial charge in [0, 0.05) is 48.1 Å². The molecule has 5 rings (SSSR count). The molecule has 1 fully saturated rings. The molecule has 0 radical (unpaired) electrons. The Hall–Kier alpha value is -5.38. The molecule has 2 aromatic heterocycles. The smallest absolute Gasteiger partial charge is 0.325 e. The molecule has 2 aromatic carbocycles. The first-order chi connectivity index (χ1) is 23.9. The number of aliphatic carboxylic acids is 1. The highest BCUT2D eigenvalue weighted by Gasteiger charge is 2.24. The van der Waals surface area contributed by atoms with Gasteiger partial charge in [0.2, 0.25) is 0 Å². The second-order valence-electron chi connectivity index (χ2n) is 12.9. The standard InChI is InChI=1S/C18H21N3O5.C17H19BrN2O5/c1-20-13-9-11(21-7-3-2-4-8-21)5-6-12(13)16(24)15(18(20)26)17(25)19-10-14(22)23;1-17(2,3)25-12(21)8-19-15(23)13-14(22)10-6-5-9(18)7-11(10)20(4)16(13)24/h5-6,9,24H,2-4,7-8,10H2,1H3,(H,19,25)(H,22,23);5-7,22H,8H2,1-4H3,(H,19,23). The van der Waals surface area contributed by atoms with Gasteiger partial charge in [0.1, 0.15) is 41.3 Å². The molecule has 16 heteroatoms. The number of aromatic nitrogens is 2. The Labute approximate surface area is 300 Å². The lowest BCUT2D eigenvalue weighted by molar-refractivity contribution is -0.153. The summed E-state index contributed by atoms with van der Waals surface area (Å²) in [5.74, 6) is -4.48. The van der Waals surface area contributed by atoms with Crippen LogP contribution in [0.15, 0.2) is 50.5 Å². The Balaban J connectivity index is 0.000000229. The van der Waals surface area contributed by atoms with Crippen molar-refractivity contribution in [2.45, 2.75) is 45.6 Å². The van der Waals surface area contributed by atoms with Crippen LogP contribution in [0.5, 0.6) is 11.5 Å². The molecular weight excluding hydrogens is 730 g/mol. The number of rotatable bonds is 7. The summed E-state index contributed by atoms with van der Waals surface area (Å²) in [6.07, 6.45) is 3.44. The van der Waals surface area contributed by atoms with Crippen molar-refractivity contribution in [3.63, 3.8) is 0 Å². The van der Waals surface area contributed by atoms with E-state index >= 15 is 0 Å². The van der Waals surface area contributed by atoms with Gasteiger partial charge in [0.15, 0.2) is 0 Å². The van der Waals surface area contributed by atoms with Crippen molar-refractivity contribution < 1.29 is 39.2 Å². The molecule has 15 nitrogen and oxygen atoms in total. The van der Waals surface area contributed by atoms with Crippen LogP contribution in [0.4, 0.5) is 5.69 Å². The lowest BCUT2D eigenvalue weighted by Gasteiger charge is -2.29. The first-order valence-electron chi connectivity index (χ1n) is 16.0. The van der Waals surface area contributed by atoms with E-state index in [0.717, 1.165) is 36.1 Å². The predicted molar refractivity (Wildman–Crippen MR) is 194 cm³/mol. The Morgan fingerprint density at radius 2 is 1.27 bits per heavy atom. The maximum absolute atomic E-state index is 12.6. The average Bonchev–Trinajstić information content (AvgIpc) is 3.07. The van der Waals surface area contributed by atoms with E-state index < -0.39 is 76.2 Å². The van der Waals surface area contributed by atoms with Gasteiger partial charge in [-0.3, -0.25) is 28.8 Å². The highest BCUT2D eigenvalue weighted by atomic mass is 79.9. The van der Waals surface area contributed by atoms with Crippen LogP contribution >= 0.6 is 15.9 Å². The predicted octanol–water partition coefficient (Wildman–Crippen LogP) is 3.13. The minimum atomic E-state index is -1.23. The van der Waals surface area contributed by atoms with E-state index in [4.69, 9.17) is 9.84 Å². The number of esters is 1. The number of carboxylic acids is 1. The Bertz CT molecular complexity index is 2150. The maximum Gasteiger partial charge on any atom is 0.325 e. The van der Waals surface area contributed by atoms with Crippen molar-refractivity contribution in [1.82, 2.24) is 19.8 Å². The number of halogens is 1. The Morgan fingerprint density at radius 1 is 0.784 bits per heavy atom. The van der Waals surface area contributed by atoms with E-state index in [9.17, 15) is 39.0 Å². The van der Waals surface area contributed by atoms with Gasteiger partial charge in [-0.05, 0) is 76.4 Å². The van der Waals surface area contributed by atoms with E-state index in [0.29, 0.717) is 21.8 Å². The molecule has 5 N–H and O–H groups in total. The molecule has 2 amide bonds. The zero-order valence-electron chi connectivity index (χ0n) is 28.8. The third kappa shape index (κ3) is 8.86. The van der Waals surface area contributed by atoms with Crippen LogP contribution in [0, 0.1) is 0 Å². The highest BCUT2D eigenvalue weighted by molar-refractivity contribution is 9.10. The number of anilines is 1. The van der Waals surface area contributed by atoms with Crippen LogP contribution in [0.3, 0.4) is 0 Å². The number of ether oxygens (including phenoxy) is 1. The van der Waals surface area contributed by atoms with Gasteiger partial charge in [0.25, 0.3) is 22.9 Å².